The predicted molar refractivity (Wildman–Crippen MR) is 60.8 cm³/mol. The number of rotatable bonds is 2. The zero-order chi connectivity index (χ0) is 10.1. The average Bonchev–Trinajstić information content (AvgIpc) is 3.01. The molecule has 0 bridgehead atoms. The summed E-state index contributed by atoms with van der Waals surface area (Å²) < 4.78 is 4.27. The minimum Gasteiger partial charge on any atom is -0.342 e. The molecular formula is C9H6N4S2. The zero-order valence-electron chi connectivity index (χ0n) is 7.54. The SMILES string of the molecule is c1csc(-c2[nH]cnc2-c2ccsn2)n1. The molecule has 0 aliphatic rings. The standard InChI is InChI=1S/C9H6N4S2/c1-3-15-13-6(1)7-8(12-5-11-7)9-10-2-4-14-9/h1-5H,(H,11,12). The highest BCUT2D eigenvalue weighted by atomic mass is 32.1. The first-order chi connectivity index (χ1) is 7.45. The zero-order valence-corrected chi connectivity index (χ0v) is 9.18. The van der Waals surface area contributed by atoms with Crippen molar-refractivity contribution in [2.45, 2.75) is 0 Å². The van der Waals surface area contributed by atoms with Gasteiger partial charge in [0.05, 0.1) is 6.33 Å². The van der Waals surface area contributed by atoms with Crippen molar-refractivity contribution in [1.82, 2.24) is 19.3 Å². The number of hydrogen-bond donors (Lipinski definition) is 1. The Kier molecular flexibility index (Phi) is 2.08. The smallest absolute Gasteiger partial charge is 0.141 e. The third-order valence-corrected chi connectivity index (χ3v) is 3.32. The number of nitrogens with one attached hydrogen (secondary N) is 1. The Morgan fingerprint density at radius 2 is 2.20 bits per heavy atom. The van der Waals surface area contributed by atoms with Crippen molar-refractivity contribution in [2.24, 2.45) is 0 Å². The second-order valence-corrected chi connectivity index (χ2v) is 4.41. The lowest BCUT2D eigenvalue weighted by Gasteiger charge is -1.94. The predicted octanol–water partition coefficient (Wildman–Crippen LogP) is 2.66. The van der Waals surface area contributed by atoms with Crippen molar-refractivity contribution in [3.63, 3.8) is 0 Å². The molecule has 1 N–H and O–H groups in total. The summed E-state index contributed by atoms with van der Waals surface area (Å²) in [7, 11) is 0. The lowest BCUT2D eigenvalue weighted by atomic mass is 10.2. The molecule has 0 radical (unpaired) electrons. The molecule has 0 aromatic carbocycles. The van der Waals surface area contributed by atoms with E-state index in [1.165, 1.54) is 11.5 Å². The molecule has 3 rings (SSSR count). The van der Waals surface area contributed by atoms with Gasteiger partial charge in [-0.2, -0.15) is 4.37 Å². The summed E-state index contributed by atoms with van der Waals surface area (Å²) in [6, 6.07) is 1.96. The molecule has 74 valence electrons. The van der Waals surface area contributed by atoms with Gasteiger partial charge in [0, 0.05) is 17.0 Å². The number of hydrogen-bond acceptors (Lipinski definition) is 5. The van der Waals surface area contributed by atoms with Crippen molar-refractivity contribution < 1.29 is 0 Å². The minimum absolute atomic E-state index is 0.867. The van der Waals surface area contributed by atoms with Crippen LogP contribution in [0.2, 0.25) is 0 Å². The molecule has 0 amide bonds. The summed E-state index contributed by atoms with van der Waals surface area (Å²) in [5.41, 5.74) is 2.70. The molecule has 4 nitrogen and oxygen atoms in total. The number of thiazole rings is 1. The molecule has 0 aliphatic carbocycles. The Labute approximate surface area is 93.8 Å². The van der Waals surface area contributed by atoms with E-state index in [0.717, 1.165) is 22.1 Å². The summed E-state index contributed by atoms with van der Waals surface area (Å²) in [4.78, 5) is 11.6. The molecular weight excluding hydrogens is 228 g/mol. The Bertz CT molecular complexity index is 490. The van der Waals surface area contributed by atoms with E-state index in [1.807, 2.05) is 16.8 Å². The van der Waals surface area contributed by atoms with Gasteiger partial charge in [0.1, 0.15) is 22.1 Å². The summed E-state index contributed by atoms with van der Waals surface area (Å²) in [5, 5.41) is 4.83. The van der Waals surface area contributed by atoms with Crippen LogP contribution in [0.3, 0.4) is 0 Å². The largest absolute Gasteiger partial charge is 0.342 e. The molecule has 3 heterocycles. The Balaban J connectivity index is 2.15. The van der Waals surface area contributed by atoms with Gasteiger partial charge in [0.25, 0.3) is 0 Å². The number of aromatic nitrogens is 4. The van der Waals surface area contributed by atoms with Gasteiger partial charge in [-0.05, 0) is 17.6 Å². The summed E-state index contributed by atoms with van der Waals surface area (Å²) in [6.07, 6.45) is 3.46. The van der Waals surface area contributed by atoms with Gasteiger partial charge < -0.3 is 4.98 Å². The molecule has 0 spiro atoms. The average molecular weight is 234 g/mol. The summed E-state index contributed by atoms with van der Waals surface area (Å²) in [6.45, 7) is 0. The van der Waals surface area contributed by atoms with Crippen LogP contribution in [-0.4, -0.2) is 19.3 Å². The Morgan fingerprint density at radius 1 is 1.20 bits per heavy atom. The maximum Gasteiger partial charge on any atom is 0.141 e. The fraction of sp³-hybridized carbons (Fsp3) is 0. The lowest BCUT2D eigenvalue weighted by molar-refractivity contribution is 1.30. The van der Waals surface area contributed by atoms with Gasteiger partial charge in [-0.25, -0.2) is 9.97 Å². The van der Waals surface area contributed by atoms with E-state index in [4.69, 9.17) is 0 Å². The van der Waals surface area contributed by atoms with Crippen LogP contribution in [0.25, 0.3) is 22.1 Å². The van der Waals surface area contributed by atoms with E-state index in [-0.39, 0.29) is 0 Å². The lowest BCUT2D eigenvalue weighted by Crippen LogP contribution is -1.82. The summed E-state index contributed by atoms with van der Waals surface area (Å²) >= 11 is 3.01. The molecule has 3 aromatic heterocycles. The van der Waals surface area contributed by atoms with Crippen molar-refractivity contribution >= 4 is 22.9 Å². The van der Waals surface area contributed by atoms with Crippen LogP contribution in [0, 0.1) is 0 Å². The van der Waals surface area contributed by atoms with Gasteiger partial charge >= 0.3 is 0 Å². The molecule has 0 fully saturated rings. The van der Waals surface area contributed by atoms with Crippen LogP contribution in [-0.2, 0) is 0 Å². The van der Waals surface area contributed by atoms with E-state index in [9.17, 15) is 0 Å². The molecule has 3 aromatic rings. The third-order valence-electron chi connectivity index (χ3n) is 1.97. The first-order valence-electron chi connectivity index (χ1n) is 4.29. The van der Waals surface area contributed by atoms with Crippen LogP contribution in [0.5, 0.6) is 0 Å². The van der Waals surface area contributed by atoms with Gasteiger partial charge in [0.15, 0.2) is 0 Å². The minimum atomic E-state index is 0.867. The second-order valence-electron chi connectivity index (χ2n) is 2.85. The molecule has 0 saturated heterocycles. The first-order valence-corrected chi connectivity index (χ1v) is 6.01. The van der Waals surface area contributed by atoms with Crippen molar-refractivity contribution in [2.75, 3.05) is 0 Å². The van der Waals surface area contributed by atoms with Crippen molar-refractivity contribution in [3.05, 3.63) is 29.4 Å². The number of H-pyrrole nitrogens is 1. The van der Waals surface area contributed by atoms with Crippen LogP contribution in [0.4, 0.5) is 0 Å². The van der Waals surface area contributed by atoms with Crippen LogP contribution >= 0.6 is 22.9 Å². The Hall–Kier alpha value is -1.53. The maximum absolute atomic E-state index is 4.27. The fourth-order valence-electron chi connectivity index (χ4n) is 1.33. The number of aromatic amines is 1. The monoisotopic (exact) mass is 234 g/mol. The Morgan fingerprint density at radius 3 is 2.93 bits per heavy atom. The molecule has 0 atom stereocenters. The van der Waals surface area contributed by atoms with Gasteiger partial charge in [-0.15, -0.1) is 11.3 Å². The second kappa shape index (κ2) is 3.56. The van der Waals surface area contributed by atoms with Crippen LogP contribution in [0.1, 0.15) is 0 Å². The fourth-order valence-corrected chi connectivity index (χ4v) is 2.49. The van der Waals surface area contributed by atoms with E-state index >= 15 is 0 Å². The van der Waals surface area contributed by atoms with E-state index < -0.39 is 0 Å². The molecule has 0 aliphatic heterocycles. The van der Waals surface area contributed by atoms with Crippen LogP contribution in [0.15, 0.2) is 29.4 Å². The highest BCUT2D eigenvalue weighted by Gasteiger charge is 2.13. The van der Waals surface area contributed by atoms with E-state index in [2.05, 4.69) is 19.3 Å². The van der Waals surface area contributed by atoms with E-state index in [1.54, 1.807) is 23.9 Å². The highest BCUT2D eigenvalue weighted by Crippen LogP contribution is 2.29. The molecule has 0 unspecified atom stereocenters. The van der Waals surface area contributed by atoms with Crippen molar-refractivity contribution in [1.29, 1.82) is 0 Å². The number of imidazole rings is 1. The van der Waals surface area contributed by atoms with Gasteiger partial charge in [-0.3, -0.25) is 0 Å². The molecule has 0 saturated carbocycles. The third kappa shape index (κ3) is 1.47. The molecule has 15 heavy (non-hydrogen) atoms. The van der Waals surface area contributed by atoms with E-state index in [0.29, 0.717) is 0 Å². The van der Waals surface area contributed by atoms with Gasteiger partial charge in [0.2, 0.25) is 0 Å². The number of nitrogens with zero attached hydrogens (tertiary/aromatic N) is 3. The highest BCUT2D eigenvalue weighted by molar-refractivity contribution is 7.13. The normalized spacial score (nSPS) is 10.7. The summed E-state index contributed by atoms with van der Waals surface area (Å²) in [5.74, 6) is 0. The van der Waals surface area contributed by atoms with Gasteiger partial charge in [-0.1, -0.05) is 0 Å². The topological polar surface area (TPSA) is 54.5 Å². The van der Waals surface area contributed by atoms with Crippen molar-refractivity contribution in [3.8, 4) is 22.1 Å². The maximum atomic E-state index is 4.27. The first kappa shape index (κ1) is 8.75. The quantitative estimate of drug-likeness (QED) is 0.741. The molecule has 6 heteroatoms. The van der Waals surface area contributed by atoms with Crippen LogP contribution < -0.4 is 0 Å².